The van der Waals surface area contributed by atoms with Crippen molar-refractivity contribution < 1.29 is 4.79 Å². The van der Waals surface area contributed by atoms with Crippen molar-refractivity contribution in [2.24, 2.45) is 5.41 Å². The second-order valence-electron chi connectivity index (χ2n) is 8.23. The molecule has 138 valence electrons. The molecule has 2 saturated heterocycles. The van der Waals surface area contributed by atoms with Gasteiger partial charge in [0.05, 0.1) is 10.8 Å². The van der Waals surface area contributed by atoms with Gasteiger partial charge < -0.3 is 9.80 Å². The maximum absolute atomic E-state index is 13.5. The topological polar surface area (TPSA) is 49.3 Å². The zero-order chi connectivity index (χ0) is 17.7. The summed E-state index contributed by atoms with van der Waals surface area (Å²) in [4.78, 5) is 28.4. The Morgan fingerprint density at radius 3 is 2.85 bits per heavy atom. The molecule has 2 aromatic rings. The second kappa shape index (κ2) is 6.19. The van der Waals surface area contributed by atoms with Gasteiger partial charge in [-0.05, 0) is 50.5 Å². The Morgan fingerprint density at radius 1 is 1.15 bits per heavy atom. The van der Waals surface area contributed by atoms with Gasteiger partial charge in [0.2, 0.25) is 5.91 Å². The molecule has 0 radical (unpaired) electrons. The highest BCUT2D eigenvalue weighted by atomic mass is 32.1. The maximum Gasteiger partial charge on any atom is 0.230 e. The van der Waals surface area contributed by atoms with Crippen LogP contribution in [-0.2, 0) is 4.79 Å². The number of rotatable bonds is 2. The number of carbonyl (C=O) groups excluding carboxylic acids is 1. The van der Waals surface area contributed by atoms with E-state index in [1.807, 2.05) is 6.92 Å². The van der Waals surface area contributed by atoms with Crippen LogP contribution >= 0.6 is 11.3 Å². The molecule has 0 aromatic carbocycles. The van der Waals surface area contributed by atoms with E-state index in [0.29, 0.717) is 11.9 Å². The molecular weight excluding hydrogens is 344 g/mol. The fourth-order valence-corrected chi connectivity index (χ4v) is 6.09. The molecule has 2 aliphatic heterocycles. The summed E-state index contributed by atoms with van der Waals surface area (Å²) in [7, 11) is 0. The summed E-state index contributed by atoms with van der Waals surface area (Å²) >= 11 is 1.67. The lowest BCUT2D eigenvalue weighted by Crippen LogP contribution is -2.53. The Labute approximate surface area is 158 Å². The standard InChI is InChI=1S/C20H26N4OS/c1-14-21-17(16-7-12-26-18(16)22-14)23-11-9-20(13-23)8-4-10-24(19(20)25)15-5-2-3-6-15/h7,12,15H,2-6,8-11,13H2,1H3/t20-/m0/s1. The molecule has 2 aromatic heterocycles. The van der Waals surface area contributed by atoms with Gasteiger partial charge in [-0.2, -0.15) is 0 Å². The van der Waals surface area contributed by atoms with E-state index >= 15 is 0 Å². The van der Waals surface area contributed by atoms with Crippen LogP contribution in [0.4, 0.5) is 5.82 Å². The molecule has 26 heavy (non-hydrogen) atoms. The highest BCUT2D eigenvalue weighted by Gasteiger charge is 2.50. The lowest BCUT2D eigenvalue weighted by Gasteiger charge is -2.42. The summed E-state index contributed by atoms with van der Waals surface area (Å²) in [5, 5.41) is 3.22. The van der Waals surface area contributed by atoms with Gasteiger partial charge in [0.15, 0.2) is 0 Å². The van der Waals surface area contributed by atoms with Gasteiger partial charge in [0.25, 0.3) is 0 Å². The number of aryl methyl sites for hydroxylation is 1. The number of aromatic nitrogens is 2. The second-order valence-corrected chi connectivity index (χ2v) is 9.12. The number of hydrogen-bond donors (Lipinski definition) is 0. The quantitative estimate of drug-likeness (QED) is 0.808. The average molecular weight is 371 g/mol. The Bertz CT molecular complexity index is 843. The molecule has 1 amide bonds. The van der Waals surface area contributed by atoms with Gasteiger partial charge in [-0.25, -0.2) is 9.97 Å². The van der Waals surface area contributed by atoms with Gasteiger partial charge >= 0.3 is 0 Å². The summed E-state index contributed by atoms with van der Waals surface area (Å²) in [6.07, 6.45) is 8.10. The van der Waals surface area contributed by atoms with Crippen molar-refractivity contribution in [1.29, 1.82) is 0 Å². The van der Waals surface area contributed by atoms with Gasteiger partial charge in [0.1, 0.15) is 16.5 Å². The number of anilines is 1. The van der Waals surface area contributed by atoms with Crippen molar-refractivity contribution in [3.05, 3.63) is 17.3 Å². The number of hydrogen-bond acceptors (Lipinski definition) is 5. The molecule has 5 rings (SSSR count). The molecule has 1 saturated carbocycles. The van der Waals surface area contributed by atoms with Crippen LogP contribution in [0.5, 0.6) is 0 Å². The molecule has 0 N–H and O–H groups in total. The van der Waals surface area contributed by atoms with E-state index in [9.17, 15) is 4.79 Å². The van der Waals surface area contributed by atoms with Crippen LogP contribution in [0.1, 0.15) is 50.8 Å². The summed E-state index contributed by atoms with van der Waals surface area (Å²) in [5.74, 6) is 2.26. The largest absolute Gasteiger partial charge is 0.355 e. The van der Waals surface area contributed by atoms with Crippen LogP contribution in [0, 0.1) is 12.3 Å². The van der Waals surface area contributed by atoms with Crippen molar-refractivity contribution in [3.8, 4) is 0 Å². The van der Waals surface area contributed by atoms with Crippen LogP contribution in [0.2, 0.25) is 0 Å². The van der Waals surface area contributed by atoms with E-state index < -0.39 is 0 Å². The van der Waals surface area contributed by atoms with Crippen LogP contribution in [0.3, 0.4) is 0 Å². The number of amides is 1. The van der Waals surface area contributed by atoms with E-state index in [4.69, 9.17) is 4.98 Å². The molecule has 0 unspecified atom stereocenters. The molecule has 4 heterocycles. The van der Waals surface area contributed by atoms with E-state index in [2.05, 4.69) is 26.2 Å². The van der Waals surface area contributed by atoms with E-state index in [0.717, 1.165) is 60.8 Å². The third-order valence-electron chi connectivity index (χ3n) is 6.60. The molecule has 1 spiro atoms. The summed E-state index contributed by atoms with van der Waals surface area (Å²) in [6.45, 7) is 4.66. The fourth-order valence-electron chi connectivity index (χ4n) is 5.28. The van der Waals surface area contributed by atoms with Crippen molar-refractivity contribution >= 4 is 33.3 Å². The van der Waals surface area contributed by atoms with Crippen LogP contribution in [0.15, 0.2) is 11.4 Å². The number of fused-ring (bicyclic) bond motifs is 1. The zero-order valence-corrected chi connectivity index (χ0v) is 16.2. The van der Waals surface area contributed by atoms with Gasteiger partial charge in [-0.1, -0.05) is 12.8 Å². The Balaban J connectivity index is 1.43. The third-order valence-corrected chi connectivity index (χ3v) is 7.41. The summed E-state index contributed by atoms with van der Waals surface area (Å²) < 4.78 is 0. The Kier molecular flexibility index (Phi) is 3.92. The highest BCUT2D eigenvalue weighted by Crippen LogP contribution is 2.44. The lowest BCUT2D eigenvalue weighted by molar-refractivity contribution is -0.147. The van der Waals surface area contributed by atoms with E-state index in [-0.39, 0.29) is 5.41 Å². The normalized spacial score (nSPS) is 27.3. The first-order valence-electron chi connectivity index (χ1n) is 9.94. The van der Waals surface area contributed by atoms with Crippen LogP contribution in [-0.4, -0.2) is 46.5 Å². The highest BCUT2D eigenvalue weighted by molar-refractivity contribution is 7.16. The average Bonchev–Trinajstić information content (AvgIpc) is 3.37. The molecule has 0 bridgehead atoms. The Hall–Kier alpha value is -1.69. The SMILES string of the molecule is Cc1nc(N2CC[C@@]3(CCCN(C4CCCC4)C3=O)C2)c2ccsc2n1. The first-order valence-corrected chi connectivity index (χ1v) is 10.8. The predicted octanol–water partition coefficient (Wildman–Crippen LogP) is 3.76. The van der Waals surface area contributed by atoms with E-state index in [1.165, 1.54) is 25.7 Å². The smallest absolute Gasteiger partial charge is 0.230 e. The number of likely N-dealkylation sites (tertiary alicyclic amines) is 1. The monoisotopic (exact) mass is 370 g/mol. The van der Waals surface area contributed by atoms with Gasteiger partial charge in [-0.3, -0.25) is 4.79 Å². The van der Waals surface area contributed by atoms with Crippen molar-refractivity contribution in [2.75, 3.05) is 24.5 Å². The summed E-state index contributed by atoms with van der Waals surface area (Å²) in [5.41, 5.74) is -0.192. The molecule has 1 atom stereocenters. The van der Waals surface area contributed by atoms with Gasteiger partial charge in [0, 0.05) is 25.7 Å². The zero-order valence-electron chi connectivity index (χ0n) is 15.4. The van der Waals surface area contributed by atoms with Crippen LogP contribution in [0.25, 0.3) is 10.2 Å². The fraction of sp³-hybridized carbons (Fsp3) is 0.650. The summed E-state index contributed by atoms with van der Waals surface area (Å²) in [6, 6.07) is 2.62. The first kappa shape index (κ1) is 16.5. The maximum atomic E-state index is 13.5. The number of nitrogens with zero attached hydrogens (tertiary/aromatic N) is 4. The first-order chi connectivity index (χ1) is 12.7. The molecule has 3 fully saturated rings. The molecule has 1 aliphatic carbocycles. The number of thiophene rings is 1. The molecule has 6 heteroatoms. The molecule has 3 aliphatic rings. The third kappa shape index (κ3) is 2.53. The minimum absolute atomic E-state index is 0.192. The minimum Gasteiger partial charge on any atom is -0.355 e. The number of carbonyl (C=O) groups is 1. The van der Waals surface area contributed by atoms with Crippen molar-refractivity contribution in [1.82, 2.24) is 14.9 Å². The van der Waals surface area contributed by atoms with E-state index in [1.54, 1.807) is 11.3 Å². The van der Waals surface area contributed by atoms with Gasteiger partial charge in [-0.15, -0.1) is 11.3 Å². The number of piperidine rings is 1. The molecular formula is C20H26N4OS. The van der Waals surface area contributed by atoms with Crippen LogP contribution < -0.4 is 4.90 Å². The lowest BCUT2D eigenvalue weighted by atomic mass is 9.77. The Morgan fingerprint density at radius 2 is 2.00 bits per heavy atom. The van der Waals surface area contributed by atoms with Crippen molar-refractivity contribution in [3.63, 3.8) is 0 Å². The minimum atomic E-state index is -0.192. The molecule has 5 nitrogen and oxygen atoms in total. The van der Waals surface area contributed by atoms with Crippen molar-refractivity contribution in [2.45, 2.75) is 57.9 Å². The predicted molar refractivity (Wildman–Crippen MR) is 105 cm³/mol.